The predicted octanol–water partition coefficient (Wildman–Crippen LogP) is 2.69. The molecule has 1 rings (SSSR count). The van der Waals surface area contributed by atoms with Crippen LogP contribution in [0.25, 0.3) is 0 Å². The van der Waals surface area contributed by atoms with Crippen LogP contribution in [0.1, 0.15) is 31.9 Å². The number of carbonyl (C=O) groups excluding carboxylic acids is 1. The van der Waals surface area contributed by atoms with Crippen molar-refractivity contribution in [1.82, 2.24) is 0 Å². The molecule has 4 heteroatoms. The quantitative estimate of drug-likeness (QED) is 0.470. The topological polar surface area (TPSA) is 47.9 Å². The lowest BCUT2D eigenvalue weighted by Crippen LogP contribution is -2.22. The van der Waals surface area contributed by atoms with Gasteiger partial charge in [0.1, 0.15) is 5.60 Å². The fourth-order valence-corrected chi connectivity index (χ4v) is 1.28. The van der Waals surface area contributed by atoms with Crippen molar-refractivity contribution in [2.24, 2.45) is 5.16 Å². The van der Waals surface area contributed by atoms with Crippen LogP contribution in [-0.2, 0) is 14.4 Å². The molecule has 0 spiro atoms. The first kappa shape index (κ1) is 14.2. The van der Waals surface area contributed by atoms with Gasteiger partial charge in [0, 0.05) is 5.56 Å². The number of esters is 1. The summed E-state index contributed by atoms with van der Waals surface area (Å²) in [5, 5.41) is 3.92. The van der Waals surface area contributed by atoms with E-state index in [9.17, 15) is 4.79 Å². The minimum absolute atomic E-state index is 0.177. The molecule has 4 nitrogen and oxygen atoms in total. The summed E-state index contributed by atoms with van der Waals surface area (Å²) in [6.07, 6.45) is 0. The first-order valence-corrected chi connectivity index (χ1v) is 5.75. The zero-order chi connectivity index (χ0) is 13.8. The molecular formula is C14H19NO3. The van der Waals surface area contributed by atoms with Crippen LogP contribution >= 0.6 is 0 Å². The largest absolute Gasteiger partial charge is 0.464 e. The van der Waals surface area contributed by atoms with Crippen molar-refractivity contribution in [3.8, 4) is 0 Å². The van der Waals surface area contributed by atoms with Gasteiger partial charge in [-0.05, 0) is 33.8 Å². The molecule has 0 bridgehead atoms. The fraction of sp³-hybridized carbons (Fsp3) is 0.429. The third-order valence-electron chi connectivity index (χ3n) is 2.08. The second kappa shape index (κ2) is 5.67. The van der Waals surface area contributed by atoms with E-state index < -0.39 is 11.6 Å². The van der Waals surface area contributed by atoms with E-state index in [0.717, 1.165) is 5.56 Å². The number of methoxy groups -OCH3 is 1. The molecule has 18 heavy (non-hydrogen) atoms. The number of nitrogens with zero attached hydrogens (tertiary/aromatic N) is 1. The number of rotatable bonds is 3. The smallest absolute Gasteiger partial charge is 0.360 e. The minimum Gasteiger partial charge on any atom is -0.464 e. The van der Waals surface area contributed by atoms with Crippen molar-refractivity contribution in [3.05, 3.63) is 35.4 Å². The molecule has 1 aromatic rings. The Morgan fingerprint density at radius 2 is 1.94 bits per heavy atom. The molecule has 0 unspecified atom stereocenters. The van der Waals surface area contributed by atoms with Gasteiger partial charge in [-0.2, -0.15) is 0 Å². The van der Waals surface area contributed by atoms with E-state index in [4.69, 9.17) is 9.57 Å². The number of hydrogen-bond acceptors (Lipinski definition) is 4. The molecule has 0 aliphatic carbocycles. The maximum atomic E-state index is 11.7. The Kier molecular flexibility index (Phi) is 4.48. The number of carbonyl (C=O) groups is 1. The molecular weight excluding hydrogens is 230 g/mol. The van der Waals surface area contributed by atoms with Crippen LogP contribution in [0.2, 0.25) is 0 Å². The zero-order valence-corrected chi connectivity index (χ0v) is 11.5. The average Bonchev–Trinajstić information content (AvgIpc) is 2.27. The van der Waals surface area contributed by atoms with Gasteiger partial charge in [0.15, 0.2) is 5.71 Å². The molecule has 0 heterocycles. The second-order valence-corrected chi connectivity index (χ2v) is 5.00. The third kappa shape index (κ3) is 4.20. The Balaban J connectivity index is 3.10. The zero-order valence-electron chi connectivity index (χ0n) is 11.5. The summed E-state index contributed by atoms with van der Waals surface area (Å²) < 4.78 is 4.72. The number of benzene rings is 1. The third-order valence-corrected chi connectivity index (χ3v) is 2.08. The van der Waals surface area contributed by atoms with Gasteiger partial charge < -0.3 is 9.57 Å². The SMILES string of the molecule is COC(=O)/C(=N\OC(C)(C)C)c1cccc(C)c1. The molecule has 0 amide bonds. The highest BCUT2D eigenvalue weighted by atomic mass is 16.6. The molecule has 1 aromatic carbocycles. The molecule has 0 saturated heterocycles. The van der Waals surface area contributed by atoms with Crippen molar-refractivity contribution in [3.63, 3.8) is 0 Å². The van der Waals surface area contributed by atoms with Gasteiger partial charge in [0.05, 0.1) is 7.11 Å². The highest BCUT2D eigenvalue weighted by Gasteiger charge is 2.18. The predicted molar refractivity (Wildman–Crippen MR) is 70.6 cm³/mol. The number of ether oxygens (including phenoxy) is 1. The van der Waals surface area contributed by atoms with E-state index in [1.54, 1.807) is 6.07 Å². The van der Waals surface area contributed by atoms with Gasteiger partial charge in [0.2, 0.25) is 0 Å². The van der Waals surface area contributed by atoms with E-state index in [1.165, 1.54) is 7.11 Å². The van der Waals surface area contributed by atoms with Gasteiger partial charge in [-0.25, -0.2) is 4.79 Å². The Morgan fingerprint density at radius 1 is 1.28 bits per heavy atom. The Bertz CT molecular complexity index is 458. The first-order chi connectivity index (χ1) is 8.33. The van der Waals surface area contributed by atoms with E-state index in [-0.39, 0.29) is 5.71 Å². The van der Waals surface area contributed by atoms with Crippen LogP contribution in [0.5, 0.6) is 0 Å². The molecule has 0 radical (unpaired) electrons. The highest BCUT2D eigenvalue weighted by Crippen LogP contribution is 2.11. The summed E-state index contributed by atoms with van der Waals surface area (Å²) in [5.74, 6) is -0.509. The fourth-order valence-electron chi connectivity index (χ4n) is 1.28. The molecule has 0 aromatic heterocycles. The summed E-state index contributed by atoms with van der Waals surface area (Å²) in [5.41, 5.74) is 1.45. The van der Waals surface area contributed by atoms with Crippen LogP contribution in [0.15, 0.2) is 29.4 Å². The second-order valence-electron chi connectivity index (χ2n) is 5.00. The van der Waals surface area contributed by atoms with Crippen LogP contribution in [-0.4, -0.2) is 24.4 Å². The van der Waals surface area contributed by atoms with Crippen LogP contribution < -0.4 is 0 Å². The monoisotopic (exact) mass is 249 g/mol. The van der Waals surface area contributed by atoms with Gasteiger partial charge in [-0.3, -0.25) is 0 Å². The molecule has 0 aliphatic heterocycles. The summed E-state index contributed by atoms with van der Waals surface area (Å²) in [4.78, 5) is 17.0. The van der Waals surface area contributed by atoms with Gasteiger partial charge in [-0.15, -0.1) is 0 Å². The van der Waals surface area contributed by atoms with E-state index in [0.29, 0.717) is 5.56 Å². The van der Waals surface area contributed by atoms with Crippen molar-refractivity contribution in [2.45, 2.75) is 33.3 Å². The van der Waals surface area contributed by atoms with Crippen molar-refractivity contribution < 1.29 is 14.4 Å². The average molecular weight is 249 g/mol. The maximum absolute atomic E-state index is 11.7. The minimum atomic E-state index is -0.509. The summed E-state index contributed by atoms with van der Waals surface area (Å²) in [6.45, 7) is 7.54. The highest BCUT2D eigenvalue weighted by molar-refractivity contribution is 6.43. The van der Waals surface area contributed by atoms with Crippen molar-refractivity contribution in [2.75, 3.05) is 7.11 Å². The van der Waals surface area contributed by atoms with Crippen molar-refractivity contribution >= 4 is 11.7 Å². The first-order valence-electron chi connectivity index (χ1n) is 5.75. The lowest BCUT2D eigenvalue weighted by atomic mass is 10.1. The Morgan fingerprint density at radius 3 is 2.44 bits per heavy atom. The molecule has 98 valence electrons. The van der Waals surface area contributed by atoms with Crippen LogP contribution in [0.4, 0.5) is 0 Å². The maximum Gasteiger partial charge on any atom is 0.360 e. The van der Waals surface area contributed by atoms with Gasteiger partial charge in [-0.1, -0.05) is 28.9 Å². The van der Waals surface area contributed by atoms with Crippen molar-refractivity contribution in [1.29, 1.82) is 0 Å². The lowest BCUT2D eigenvalue weighted by Gasteiger charge is -2.16. The summed E-state index contributed by atoms with van der Waals surface area (Å²) >= 11 is 0. The molecule has 0 fully saturated rings. The van der Waals surface area contributed by atoms with E-state index >= 15 is 0 Å². The van der Waals surface area contributed by atoms with E-state index in [1.807, 2.05) is 45.9 Å². The summed E-state index contributed by atoms with van der Waals surface area (Å²) in [6, 6.07) is 7.47. The molecule has 0 atom stereocenters. The van der Waals surface area contributed by atoms with Crippen LogP contribution in [0, 0.1) is 6.92 Å². The van der Waals surface area contributed by atoms with E-state index in [2.05, 4.69) is 5.16 Å². The number of hydrogen-bond donors (Lipinski definition) is 0. The normalized spacial score (nSPS) is 12.2. The standard InChI is InChI=1S/C14H19NO3/c1-10-7-6-8-11(9-10)12(13(16)17-5)15-18-14(2,3)4/h6-9H,1-5H3/b15-12-. The molecule has 0 N–H and O–H groups in total. The summed E-state index contributed by atoms with van der Waals surface area (Å²) in [7, 11) is 1.32. The van der Waals surface area contributed by atoms with Gasteiger partial charge in [0.25, 0.3) is 0 Å². The number of oxime groups is 1. The number of aryl methyl sites for hydroxylation is 1. The molecule has 0 aliphatic rings. The molecule has 0 saturated carbocycles. The lowest BCUT2D eigenvalue weighted by molar-refractivity contribution is -0.133. The van der Waals surface area contributed by atoms with Crippen LogP contribution in [0.3, 0.4) is 0 Å². The Labute approximate surface area is 108 Å². The van der Waals surface area contributed by atoms with Gasteiger partial charge >= 0.3 is 5.97 Å². The Hall–Kier alpha value is -1.84.